The van der Waals surface area contributed by atoms with Crippen molar-refractivity contribution in [3.05, 3.63) is 48.4 Å². The molecule has 1 aromatic carbocycles. The molecule has 0 fully saturated rings. The fourth-order valence-corrected chi connectivity index (χ4v) is 3.44. The Morgan fingerprint density at radius 2 is 1.78 bits per heavy atom. The number of benzene rings is 1. The van der Waals surface area contributed by atoms with Crippen LogP contribution in [0.15, 0.2) is 47.1 Å². The molecule has 9 nitrogen and oxygen atoms in total. The number of carbonyl (C=O) groups excluding carboxylic acids is 4. The third kappa shape index (κ3) is 4.37. The lowest BCUT2D eigenvalue weighted by atomic mass is 9.95. The highest BCUT2D eigenvalue weighted by Gasteiger charge is 2.45. The molecule has 2 heterocycles. The van der Waals surface area contributed by atoms with Crippen LogP contribution in [0.25, 0.3) is 0 Å². The molecule has 0 saturated carbocycles. The van der Waals surface area contributed by atoms with E-state index < -0.39 is 35.5 Å². The fourth-order valence-electron chi connectivity index (χ4n) is 3.44. The highest BCUT2D eigenvalue weighted by atomic mass is 16.5. The Hall–Kier alpha value is -3.62. The molecule has 1 aliphatic rings. The maximum Gasteiger partial charge on any atom is 0.329 e. The Balaban J connectivity index is 1.78. The maximum absolute atomic E-state index is 13.3. The number of hydrogen-bond acceptors (Lipinski definition) is 6. The molecule has 0 radical (unpaired) electrons. The van der Waals surface area contributed by atoms with Crippen LogP contribution in [0.1, 0.15) is 45.2 Å². The summed E-state index contributed by atoms with van der Waals surface area (Å²) in [5.41, 5.74) is -0.192. The molecule has 1 aliphatic heterocycles. The molecule has 3 amide bonds. The van der Waals surface area contributed by atoms with Crippen molar-refractivity contribution < 1.29 is 28.3 Å². The van der Waals surface area contributed by atoms with E-state index in [-0.39, 0.29) is 17.6 Å². The minimum Gasteiger partial charge on any atom is -0.459 e. The lowest BCUT2D eigenvalue weighted by Gasteiger charge is -2.42. The lowest BCUT2D eigenvalue weighted by Crippen LogP contribution is -2.61. The van der Waals surface area contributed by atoms with Gasteiger partial charge in [0, 0.05) is 0 Å². The molecule has 9 heteroatoms. The average Bonchev–Trinajstić information content (AvgIpc) is 3.27. The zero-order valence-corrected chi connectivity index (χ0v) is 18.7. The van der Waals surface area contributed by atoms with Crippen molar-refractivity contribution >= 4 is 35.1 Å². The van der Waals surface area contributed by atoms with E-state index >= 15 is 0 Å². The number of rotatable bonds is 6. The zero-order chi connectivity index (χ0) is 23.6. The molecule has 0 aliphatic carbocycles. The number of hydrogen-bond donors (Lipinski definition) is 2. The van der Waals surface area contributed by atoms with Crippen molar-refractivity contribution in [3.8, 4) is 0 Å². The van der Waals surface area contributed by atoms with Crippen LogP contribution in [0, 0.1) is 5.92 Å². The van der Waals surface area contributed by atoms with E-state index in [1.165, 1.54) is 24.2 Å². The number of amides is 3. The quantitative estimate of drug-likeness (QED) is 0.666. The van der Waals surface area contributed by atoms with E-state index in [0.29, 0.717) is 11.4 Å². The Morgan fingerprint density at radius 1 is 1.09 bits per heavy atom. The normalized spacial score (nSPS) is 16.6. The minimum absolute atomic E-state index is 0.0604. The highest BCUT2D eigenvalue weighted by Crippen LogP contribution is 2.37. The lowest BCUT2D eigenvalue weighted by molar-refractivity contribution is -0.157. The number of fused-ring (bicyclic) bond motifs is 1. The van der Waals surface area contributed by atoms with Crippen LogP contribution in [0.4, 0.5) is 11.4 Å². The summed E-state index contributed by atoms with van der Waals surface area (Å²) >= 11 is 0. The van der Waals surface area contributed by atoms with Crippen molar-refractivity contribution in [1.29, 1.82) is 0 Å². The number of carbonyl (C=O) groups is 4. The van der Waals surface area contributed by atoms with Crippen LogP contribution < -0.4 is 15.5 Å². The van der Waals surface area contributed by atoms with E-state index in [1.807, 2.05) is 0 Å². The second-order valence-corrected chi connectivity index (χ2v) is 8.46. The Bertz CT molecular complexity index is 1030. The molecular formula is C23H27N3O6. The van der Waals surface area contributed by atoms with Gasteiger partial charge in [-0.15, -0.1) is 0 Å². The van der Waals surface area contributed by atoms with E-state index in [9.17, 15) is 19.2 Å². The maximum atomic E-state index is 13.3. The Kier molecular flexibility index (Phi) is 6.38. The molecular weight excluding hydrogens is 414 g/mol. The summed E-state index contributed by atoms with van der Waals surface area (Å²) in [7, 11) is 0. The number of nitrogens with zero attached hydrogens (tertiary/aromatic N) is 1. The Labute approximate surface area is 186 Å². The second-order valence-electron chi connectivity index (χ2n) is 8.46. The first-order valence-corrected chi connectivity index (χ1v) is 10.3. The van der Waals surface area contributed by atoms with Crippen molar-refractivity contribution in [2.24, 2.45) is 5.92 Å². The van der Waals surface area contributed by atoms with Crippen molar-refractivity contribution in [3.63, 3.8) is 0 Å². The van der Waals surface area contributed by atoms with E-state index in [1.54, 1.807) is 58.0 Å². The summed E-state index contributed by atoms with van der Waals surface area (Å²) < 4.78 is 10.5. The van der Waals surface area contributed by atoms with Crippen LogP contribution in [0.3, 0.4) is 0 Å². The van der Waals surface area contributed by atoms with E-state index in [4.69, 9.17) is 9.15 Å². The summed E-state index contributed by atoms with van der Waals surface area (Å²) in [6, 6.07) is 8.95. The number of para-hydroxylation sites is 2. The molecule has 3 rings (SSSR count). The third-order valence-corrected chi connectivity index (χ3v) is 5.32. The molecule has 2 aromatic rings. The topological polar surface area (TPSA) is 118 Å². The molecule has 170 valence electrons. The van der Waals surface area contributed by atoms with Gasteiger partial charge in [-0.2, -0.15) is 0 Å². The molecule has 32 heavy (non-hydrogen) atoms. The smallest absolute Gasteiger partial charge is 0.329 e. The van der Waals surface area contributed by atoms with Gasteiger partial charge in [-0.25, -0.2) is 4.79 Å². The molecule has 0 spiro atoms. The number of esters is 1. The first-order valence-electron chi connectivity index (χ1n) is 10.3. The Morgan fingerprint density at radius 3 is 2.41 bits per heavy atom. The van der Waals surface area contributed by atoms with E-state index in [0.717, 1.165) is 0 Å². The van der Waals surface area contributed by atoms with Gasteiger partial charge in [0.25, 0.3) is 11.8 Å². The van der Waals surface area contributed by atoms with Crippen LogP contribution in [0.5, 0.6) is 0 Å². The second kappa shape index (κ2) is 8.86. The molecule has 0 unspecified atom stereocenters. The van der Waals surface area contributed by atoms with Crippen LogP contribution in [0.2, 0.25) is 0 Å². The largest absolute Gasteiger partial charge is 0.459 e. The minimum atomic E-state index is -1.20. The van der Waals surface area contributed by atoms with Crippen LogP contribution in [-0.4, -0.2) is 41.4 Å². The molecule has 1 aromatic heterocycles. The summed E-state index contributed by atoms with van der Waals surface area (Å²) in [5.74, 6) is -2.47. The van der Waals surface area contributed by atoms with Gasteiger partial charge in [0.1, 0.15) is 11.6 Å². The standard InChI is InChI=1S/C23H27N3O6/c1-13(2)18(25-19(27)17-11-8-12-31-17)21(29)32-14(3)20(28)26-16-10-7-6-9-15(16)24-22(30)23(26,4)5/h6-14,18H,1-5H3,(H,24,30)(H,25,27)/t14-,18+/m0/s1. The number of nitrogens with one attached hydrogen (secondary N) is 2. The average molecular weight is 441 g/mol. The van der Waals surface area contributed by atoms with Gasteiger partial charge < -0.3 is 19.8 Å². The molecule has 0 saturated heterocycles. The number of ether oxygens (including phenoxy) is 1. The molecule has 2 atom stereocenters. The summed E-state index contributed by atoms with van der Waals surface area (Å²) in [4.78, 5) is 52.4. The first-order chi connectivity index (χ1) is 15.0. The van der Waals surface area contributed by atoms with Gasteiger partial charge in [0.2, 0.25) is 5.91 Å². The third-order valence-electron chi connectivity index (χ3n) is 5.32. The van der Waals surface area contributed by atoms with Gasteiger partial charge in [0.15, 0.2) is 11.9 Å². The number of anilines is 2. The highest BCUT2D eigenvalue weighted by molar-refractivity contribution is 6.15. The van der Waals surface area contributed by atoms with Gasteiger partial charge in [-0.3, -0.25) is 19.3 Å². The van der Waals surface area contributed by atoms with Gasteiger partial charge in [0.05, 0.1) is 17.6 Å². The van der Waals surface area contributed by atoms with Gasteiger partial charge >= 0.3 is 5.97 Å². The number of furan rings is 1. The van der Waals surface area contributed by atoms with Gasteiger partial charge in [-0.05, 0) is 51.0 Å². The molecule has 0 bridgehead atoms. The van der Waals surface area contributed by atoms with Crippen molar-refractivity contribution in [2.75, 3.05) is 10.2 Å². The first kappa shape index (κ1) is 23.1. The summed E-state index contributed by atoms with van der Waals surface area (Å²) in [6.45, 7) is 8.16. The molecule has 2 N–H and O–H groups in total. The monoisotopic (exact) mass is 441 g/mol. The van der Waals surface area contributed by atoms with Crippen molar-refractivity contribution in [1.82, 2.24) is 5.32 Å². The van der Waals surface area contributed by atoms with Crippen LogP contribution in [-0.2, 0) is 19.1 Å². The zero-order valence-electron chi connectivity index (χ0n) is 18.7. The predicted octanol–water partition coefficient (Wildman–Crippen LogP) is 2.73. The van der Waals surface area contributed by atoms with Crippen molar-refractivity contribution in [2.45, 2.75) is 52.3 Å². The fraction of sp³-hybridized carbons (Fsp3) is 0.391. The van der Waals surface area contributed by atoms with E-state index in [2.05, 4.69) is 10.6 Å². The summed E-state index contributed by atoms with van der Waals surface area (Å²) in [5, 5.41) is 5.37. The van der Waals surface area contributed by atoms with Crippen LogP contribution >= 0.6 is 0 Å². The SMILES string of the molecule is CC(C)[C@@H](NC(=O)c1ccco1)C(=O)O[C@@H](C)C(=O)N1c2ccccc2NC(=O)C1(C)C. The predicted molar refractivity (Wildman–Crippen MR) is 117 cm³/mol. The van der Waals surface area contributed by atoms with Gasteiger partial charge in [-0.1, -0.05) is 26.0 Å². The summed E-state index contributed by atoms with van der Waals surface area (Å²) in [6.07, 6.45) is 0.162.